The van der Waals surface area contributed by atoms with Crippen LogP contribution in [0.3, 0.4) is 0 Å². The van der Waals surface area contributed by atoms with Crippen molar-refractivity contribution in [2.45, 2.75) is 19.9 Å². The van der Waals surface area contributed by atoms with E-state index in [-0.39, 0.29) is 24.4 Å². The van der Waals surface area contributed by atoms with Gasteiger partial charge in [0.1, 0.15) is 6.26 Å². The fourth-order valence-corrected chi connectivity index (χ4v) is 1.03. The van der Waals surface area contributed by atoms with Crippen molar-refractivity contribution in [1.29, 1.82) is 0 Å². The molecule has 0 aliphatic carbocycles. The van der Waals surface area contributed by atoms with Gasteiger partial charge in [0.25, 0.3) is 5.91 Å². The smallest absolute Gasteiger partial charge is 0.254 e. The Labute approximate surface area is 87.8 Å². The fraction of sp³-hybridized carbons (Fsp3) is 0.400. The molecular weight excluding hydrogens is 196 g/mol. The molecule has 0 saturated carbocycles. The molecule has 1 aromatic heterocycles. The molecule has 2 amide bonds. The van der Waals surface area contributed by atoms with Crippen molar-refractivity contribution < 1.29 is 14.0 Å². The SMILES string of the molecule is CC(C)NC(=O)CNC(=O)c1ccoc1. The summed E-state index contributed by atoms with van der Waals surface area (Å²) in [4.78, 5) is 22.5. The number of furan rings is 1. The first-order valence-electron chi connectivity index (χ1n) is 4.69. The third kappa shape index (κ3) is 3.84. The van der Waals surface area contributed by atoms with Crippen molar-refractivity contribution >= 4 is 11.8 Å². The molecule has 1 rings (SSSR count). The van der Waals surface area contributed by atoms with Crippen molar-refractivity contribution in [1.82, 2.24) is 10.6 Å². The molecular formula is C10H14N2O3. The van der Waals surface area contributed by atoms with Gasteiger partial charge in [-0.15, -0.1) is 0 Å². The number of hydrogen-bond donors (Lipinski definition) is 2. The zero-order chi connectivity index (χ0) is 11.3. The predicted molar refractivity (Wildman–Crippen MR) is 54.3 cm³/mol. The van der Waals surface area contributed by atoms with Crippen LogP contribution in [0.2, 0.25) is 0 Å². The second-order valence-corrected chi connectivity index (χ2v) is 3.42. The number of carbonyl (C=O) groups excluding carboxylic acids is 2. The summed E-state index contributed by atoms with van der Waals surface area (Å²) in [5, 5.41) is 5.15. The van der Waals surface area contributed by atoms with Gasteiger partial charge in [-0.25, -0.2) is 0 Å². The fourth-order valence-electron chi connectivity index (χ4n) is 1.03. The molecule has 0 aliphatic rings. The minimum absolute atomic E-state index is 0.0256. The third-order valence-corrected chi connectivity index (χ3v) is 1.64. The number of amides is 2. The van der Waals surface area contributed by atoms with Crippen molar-refractivity contribution in [3.8, 4) is 0 Å². The summed E-state index contributed by atoms with van der Waals surface area (Å²) in [7, 11) is 0. The number of nitrogens with one attached hydrogen (secondary N) is 2. The Bertz CT molecular complexity index is 330. The van der Waals surface area contributed by atoms with Gasteiger partial charge in [-0.3, -0.25) is 9.59 Å². The van der Waals surface area contributed by atoms with Crippen LogP contribution < -0.4 is 10.6 Å². The Balaban J connectivity index is 2.32. The molecule has 0 aromatic carbocycles. The minimum Gasteiger partial charge on any atom is -0.472 e. The van der Waals surface area contributed by atoms with Crippen LogP contribution in [0.1, 0.15) is 24.2 Å². The van der Waals surface area contributed by atoms with E-state index in [1.807, 2.05) is 13.8 Å². The van der Waals surface area contributed by atoms with Gasteiger partial charge in [0.2, 0.25) is 5.91 Å². The van der Waals surface area contributed by atoms with Gasteiger partial charge >= 0.3 is 0 Å². The highest BCUT2D eigenvalue weighted by atomic mass is 16.3. The molecule has 0 atom stereocenters. The zero-order valence-electron chi connectivity index (χ0n) is 8.74. The first-order valence-corrected chi connectivity index (χ1v) is 4.69. The van der Waals surface area contributed by atoms with E-state index < -0.39 is 0 Å². The van der Waals surface area contributed by atoms with Crippen LogP contribution in [0.5, 0.6) is 0 Å². The van der Waals surface area contributed by atoms with Gasteiger partial charge in [0.15, 0.2) is 0 Å². The Kier molecular flexibility index (Phi) is 3.91. The van der Waals surface area contributed by atoms with E-state index in [4.69, 9.17) is 4.42 Å². The Morgan fingerprint density at radius 3 is 2.73 bits per heavy atom. The highest BCUT2D eigenvalue weighted by molar-refractivity contribution is 5.96. The zero-order valence-corrected chi connectivity index (χ0v) is 8.74. The maximum atomic E-state index is 11.3. The molecule has 15 heavy (non-hydrogen) atoms. The van der Waals surface area contributed by atoms with Crippen LogP contribution in [0, 0.1) is 0 Å². The van der Waals surface area contributed by atoms with Crippen LogP contribution in [0.4, 0.5) is 0 Å². The standard InChI is InChI=1S/C10H14N2O3/c1-7(2)12-9(13)5-11-10(14)8-3-4-15-6-8/h3-4,6-7H,5H2,1-2H3,(H,11,14)(H,12,13). The van der Waals surface area contributed by atoms with E-state index in [1.54, 1.807) is 0 Å². The quantitative estimate of drug-likeness (QED) is 0.761. The first-order chi connectivity index (χ1) is 7.09. The number of hydrogen-bond acceptors (Lipinski definition) is 3. The van der Waals surface area contributed by atoms with Gasteiger partial charge in [0.05, 0.1) is 18.4 Å². The molecule has 0 bridgehead atoms. The van der Waals surface area contributed by atoms with Crippen LogP contribution >= 0.6 is 0 Å². The van der Waals surface area contributed by atoms with Gasteiger partial charge in [0, 0.05) is 6.04 Å². The molecule has 82 valence electrons. The maximum Gasteiger partial charge on any atom is 0.254 e. The summed E-state index contributed by atoms with van der Waals surface area (Å²) in [6, 6.07) is 1.61. The Morgan fingerprint density at radius 1 is 1.47 bits per heavy atom. The molecule has 0 saturated heterocycles. The van der Waals surface area contributed by atoms with E-state index in [0.717, 1.165) is 0 Å². The highest BCUT2D eigenvalue weighted by Gasteiger charge is 2.08. The van der Waals surface area contributed by atoms with Gasteiger partial charge in [-0.1, -0.05) is 0 Å². The van der Waals surface area contributed by atoms with E-state index in [1.165, 1.54) is 18.6 Å². The van der Waals surface area contributed by atoms with E-state index in [0.29, 0.717) is 5.56 Å². The molecule has 0 fully saturated rings. The summed E-state index contributed by atoms with van der Waals surface area (Å²) in [5.41, 5.74) is 0.410. The van der Waals surface area contributed by atoms with Gasteiger partial charge in [-0.05, 0) is 19.9 Å². The monoisotopic (exact) mass is 210 g/mol. The lowest BCUT2D eigenvalue weighted by molar-refractivity contribution is -0.120. The summed E-state index contributed by atoms with van der Waals surface area (Å²) < 4.78 is 4.75. The topological polar surface area (TPSA) is 71.3 Å². The largest absolute Gasteiger partial charge is 0.472 e. The lowest BCUT2D eigenvalue weighted by atomic mass is 10.3. The number of carbonyl (C=O) groups is 2. The second-order valence-electron chi connectivity index (χ2n) is 3.42. The van der Waals surface area contributed by atoms with E-state index in [9.17, 15) is 9.59 Å². The lowest BCUT2D eigenvalue weighted by Gasteiger charge is -2.08. The Morgan fingerprint density at radius 2 is 2.20 bits per heavy atom. The molecule has 0 spiro atoms. The van der Waals surface area contributed by atoms with E-state index >= 15 is 0 Å². The van der Waals surface area contributed by atoms with E-state index in [2.05, 4.69) is 10.6 Å². The summed E-state index contributed by atoms with van der Waals surface area (Å²) in [6.45, 7) is 3.69. The normalized spacial score (nSPS) is 10.1. The molecule has 0 unspecified atom stereocenters. The molecule has 5 nitrogen and oxygen atoms in total. The first kappa shape index (κ1) is 11.3. The summed E-state index contributed by atoms with van der Waals surface area (Å²) in [6.07, 6.45) is 2.73. The predicted octanol–water partition coefficient (Wildman–Crippen LogP) is 0.534. The molecule has 2 N–H and O–H groups in total. The van der Waals surface area contributed by atoms with Crippen molar-refractivity contribution in [2.24, 2.45) is 0 Å². The summed E-state index contributed by atoms with van der Waals surface area (Å²) >= 11 is 0. The average Bonchev–Trinajstić information content (AvgIpc) is 2.65. The highest BCUT2D eigenvalue weighted by Crippen LogP contribution is 1.98. The van der Waals surface area contributed by atoms with Crippen LogP contribution in [0.15, 0.2) is 23.0 Å². The van der Waals surface area contributed by atoms with Gasteiger partial charge < -0.3 is 15.1 Å². The van der Waals surface area contributed by atoms with Crippen molar-refractivity contribution in [2.75, 3.05) is 6.54 Å². The Hall–Kier alpha value is -1.78. The second kappa shape index (κ2) is 5.19. The average molecular weight is 210 g/mol. The maximum absolute atomic E-state index is 11.3. The van der Waals surface area contributed by atoms with Crippen molar-refractivity contribution in [3.05, 3.63) is 24.2 Å². The molecule has 1 heterocycles. The summed E-state index contributed by atoms with van der Waals surface area (Å²) in [5.74, 6) is -0.524. The minimum atomic E-state index is -0.317. The van der Waals surface area contributed by atoms with Crippen LogP contribution in [0.25, 0.3) is 0 Å². The molecule has 0 aliphatic heterocycles. The molecule has 1 aromatic rings. The van der Waals surface area contributed by atoms with Crippen molar-refractivity contribution in [3.63, 3.8) is 0 Å². The number of rotatable bonds is 4. The third-order valence-electron chi connectivity index (χ3n) is 1.64. The van der Waals surface area contributed by atoms with Crippen LogP contribution in [-0.2, 0) is 4.79 Å². The molecule has 5 heteroatoms. The van der Waals surface area contributed by atoms with Crippen LogP contribution in [-0.4, -0.2) is 24.4 Å². The molecule has 0 radical (unpaired) electrons. The lowest BCUT2D eigenvalue weighted by Crippen LogP contribution is -2.39. The van der Waals surface area contributed by atoms with Gasteiger partial charge in [-0.2, -0.15) is 0 Å².